The van der Waals surface area contributed by atoms with E-state index in [2.05, 4.69) is 9.88 Å². The van der Waals surface area contributed by atoms with Crippen molar-refractivity contribution in [3.63, 3.8) is 0 Å². The van der Waals surface area contributed by atoms with Crippen molar-refractivity contribution in [1.29, 1.82) is 0 Å². The molecule has 3 rings (SSSR count). The molecule has 1 spiro atoms. The third-order valence-electron chi connectivity index (χ3n) is 3.39. The summed E-state index contributed by atoms with van der Waals surface area (Å²) in [5.74, 6) is 0.156. The van der Waals surface area contributed by atoms with Crippen molar-refractivity contribution < 1.29 is 9.47 Å². The molecule has 1 aromatic rings. The lowest BCUT2D eigenvalue weighted by molar-refractivity contribution is -0.161. The number of nitrogen functional groups attached to an aromatic ring is 1. The summed E-state index contributed by atoms with van der Waals surface area (Å²) in [4.78, 5) is 6.33. The van der Waals surface area contributed by atoms with Crippen molar-refractivity contribution in [2.45, 2.75) is 18.6 Å². The van der Waals surface area contributed by atoms with Crippen LogP contribution in [-0.2, 0) is 9.47 Å². The molecule has 3 heterocycles. The molecule has 0 bridgehead atoms. The summed E-state index contributed by atoms with van der Waals surface area (Å²) < 4.78 is 11.5. The zero-order chi connectivity index (χ0) is 11.7. The summed E-state index contributed by atoms with van der Waals surface area (Å²) in [7, 11) is 0. The minimum Gasteiger partial charge on any atom is -0.382 e. The van der Waals surface area contributed by atoms with Crippen molar-refractivity contribution in [2.24, 2.45) is 0 Å². The summed E-state index contributed by atoms with van der Waals surface area (Å²) in [6.07, 6.45) is 3.72. The van der Waals surface area contributed by atoms with Gasteiger partial charge in [-0.1, -0.05) is 0 Å². The molecule has 0 aliphatic carbocycles. The van der Waals surface area contributed by atoms with Crippen LogP contribution < -0.4 is 10.6 Å². The summed E-state index contributed by atoms with van der Waals surface area (Å²) in [6.45, 7) is 3.10. The monoisotopic (exact) mass is 235 g/mol. The normalized spacial score (nSPS) is 23.2. The third kappa shape index (κ3) is 1.96. The number of nitrogens with two attached hydrogens (primary N) is 1. The Hall–Kier alpha value is -1.33. The van der Waals surface area contributed by atoms with Gasteiger partial charge in [-0.2, -0.15) is 0 Å². The Morgan fingerprint density at radius 1 is 1.35 bits per heavy atom. The lowest BCUT2D eigenvalue weighted by Crippen LogP contribution is -2.49. The topological polar surface area (TPSA) is 60.6 Å². The second-order valence-electron chi connectivity index (χ2n) is 4.54. The number of ether oxygens (including phenoxy) is 2. The van der Waals surface area contributed by atoms with Gasteiger partial charge in [0.25, 0.3) is 0 Å². The van der Waals surface area contributed by atoms with E-state index in [-0.39, 0.29) is 0 Å². The molecule has 2 aliphatic rings. The van der Waals surface area contributed by atoms with Crippen molar-refractivity contribution in [3.05, 3.63) is 18.3 Å². The van der Waals surface area contributed by atoms with Gasteiger partial charge in [0.2, 0.25) is 0 Å². The summed E-state index contributed by atoms with van der Waals surface area (Å²) in [5, 5.41) is 0. The predicted octanol–water partition coefficient (Wildman–Crippen LogP) is 1.01. The van der Waals surface area contributed by atoms with E-state index in [1.54, 1.807) is 6.20 Å². The van der Waals surface area contributed by atoms with Gasteiger partial charge in [0.05, 0.1) is 25.4 Å². The van der Waals surface area contributed by atoms with E-state index < -0.39 is 5.79 Å². The first-order chi connectivity index (χ1) is 8.29. The van der Waals surface area contributed by atoms with Crippen molar-refractivity contribution in [3.8, 4) is 0 Å². The predicted molar refractivity (Wildman–Crippen MR) is 64.7 cm³/mol. The van der Waals surface area contributed by atoms with Crippen LogP contribution in [0, 0.1) is 0 Å². The summed E-state index contributed by atoms with van der Waals surface area (Å²) in [6, 6.07) is 3.90. The Balaban J connectivity index is 1.82. The maximum atomic E-state index is 5.90. The molecular weight excluding hydrogens is 218 g/mol. The van der Waals surface area contributed by atoms with Crippen LogP contribution in [0.4, 0.5) is 11.5 Å². The lowest BCUT2D eigenvalue weighted by Gasteiger charge is -2.39. The molecule has 2 fully saturated rings. The number of nitrogens with zero attached hydrogens (tertiary/aromatic N) is 2. The van der Waals surface area contributed by atoms with Crippen LogP contribution >= 0.6 is 0 Å². The Morgan fingerprint density at radius 2 is 2.18 bits per heavy atom. The molecule has 92 valence electrons. The average Bonchev–Trinajstić information content (AvgIpc) is 2.78. The van der Waals surface area contributed by atoms with E-state index in [0.29, 0.717) is 19.0 Å². The molecule has 2 N–H and O–H groups in total. The molecule has 0 aromatic carbocycles. The number of hydrogen-bond acceptors (Lipinski definition) is 5. The zero-order valence-corrected chi connectivity index (χ0v) is 9.76. The highest BCUT2D eigenvalue weighted by Gasteiger charge is 2.41. The lowest BCUT2D eigenvalue weighted by atomic mass is 10.0. The number of rotatable bonds is 1. The van der Waals surface area contributed by atoms with Gasteiger partial charge in [-0.3, -0.25) is 0 Å². The van der Waals surface area contributed by atoms with E-state index >= 15 is 0 Å². The fourth-order valence-corrected chi connectivity index (χ4v) is 2.60. The Bertz CT molecular complexity index is 404. The molecule has 0 saturated carbocycles. The van der Waals surface area contributed by atoms with E-state index in [1.807, 2.05) is 12.1 Å². The molecule has 5 heteroatoms. The quantitative estimate of drug-likeness (QED) is 0.787. The SMILES string of the molecule is Nc1ncccc1N1CCCC2(C1)OCCO2. The smallest absolute Gasteiger partial charge is 0.186 e. The number of pyridine rings is 1. The maximum absolute atomic E-state index is 5.90. The van der Waals surface area contributed by atoms with Crippen LogP contribution in [0.3, 0.4) is 0 Å². The molecule has 0 amide bonds. The van der Waals surface area contributed by atoms with E-state index in [1.165, 1.54) is 0 Å². The van der Waals surface area contributed by atoms with E-state index in [4.69, 9.17) is 15.2 Å². The highest BCUT2D eigenvalue weighted by Crippen LogP contribution is 2.33. The zero-order valence-electron chi connectivity index (χ0n) is 9.76. The molecular formula is C12H17N3O2. The van der Waals surface area contributed by atoms with Gasteiger partial charge in [0.15, 0.2) is 5.79 Å². The molecule has 0 unspecified atom stereocenters. The fourth-order valence-electron chi connectivity index (χ4n) is 2.60. The van der Waals surface area contributed by atoms with E-state index in [0.717, 1.165) is 31.6 Å². The molecule has 2 aliphatic heterocycles. The minimum absolute atomic E-state index is 0.416. The van der Waals surface area contributed by atoms with Gasteiger partial charge in [-0.05, 0) is 18.6 Å². The van der Waals surface area contributed by atoms with Gasteiger partial charge >= 0.3 is 0 Å². The molecule has 1 aromatic heterocycles. The second-order valence-corrected chi connectivity index (χ2v) is 4.54. The Morgan fingerprint density at radius 3 is 2.94 bits per heavy atom. The van der Waals surface area contributed by atoms with Crippen molar-refractivity contribution >= 4 is 11.5 Å². The number of anilines is 2. The standard InChI is InChI=1S/C12H17N3O2/c13-11-10(3-1-5-14-11)15-6-2-4-12(9-15)16-7-8-17-12/h1,3,5H,2,4,6-9H2,(H2,13,14). The summed E-state index contributed by atoms with van der Waals surface area (Å²) in [5.41, 5.74) is 6.88. The number of piperidine rings is 1. The van der Waals surface area contributed by atoms with Gasteiger partial charge < -0.3 is 20.1 Å². The minimum atomic E-state index is -0.416. The van der Waals surface area contributed by atoms with Crippen LogP contribution in [0.15, 0.2) is 18.3 Å². The fraction of sp³-hybridized carbons (Fsp3) is 0.583. The number of hydrogen-bond donors (Lipinski definition) is 1. The average molecular weight is 235 g/mol. The van der Waals surface area contributed by atoms with Gasteiger partial charge in [0, 0.05) is 19.2 Å². The van der Waals surface area contributed by atoms with Crippen LogP contribution in [0.1, 0.15) is 12.8 Å². The first kappa shape index (κ1) is 10.8. The van der Waals surface area contributed by atoms with Crippen molar-refractivity contribution in [1.82, 2.24) is 4.98 Å². The van der Waals surface area contributed by atoms with Crippen molar-refractivity contribution in [2.75, 3.05) is 36.9 Å². The van der Waals surface area contributed by atoms with Crippen LogP contribution in [0.2, 0.25) is 0 Å². The second kappa shape index (κ2) is 4.16. The largest absolute Gasteiger partial charge is 0.382 e. The molecule has 0 atom stereocenters. The maximum Gasteiger partial charge on any atom is 0.186 e. The van der Waals surface area contributed by atoms with Gasteiger partial charge in [-0.25, -0.2) is 4.98 Å². The number of aromatic nitrogens is 1. The van der Waals surface area contributed by atoms with Crippen LogP contribution in [0.5, 0.6) is 0 Å². The Labute approximate surface area is 101 Å². The van der Waals surface area contributed by atoms with Gasteiger partial charge in [-0.15, -0.1) is 0 Å². The summed E-state index contributed by atoms with van der Waals surface area (Å²) >= 11 is 0. The highest BCUT2D eigenvalue weighted by molar-refractivity contribution is 5.63. The van der Waals surface area contributed by atoms with Crippen LogP contribution in [-0.4, -0.2) is 37.1 Å². The first-order valence-corrected chi connectivity index (χ1v) is 6.02. The molecule has 0 radical (unpaired) electrons. The Kier molecular flexibility index (Phi) is 2.64. The third-order valence-corrected chi connectivity index (χ3v) is 3.39. The molecule has 17 heavy (non-hydrogen) atoms. The highest BCUT2D eigenvalue weighted by atomic mass is 16.7. The first-order valence-electron chi connectivity index (χ1n) is 6.02. The molecule has 5 nitrogen and oxygen atoms in total. The van der Waals surface area contributed by atoms with E-state index in [9.17, 15) is 0 Å². The van der Waals surface area contributed by atoms with Crippen LogP contribution in [0.25, 0.3) is 0 Å². The van der Waals surface area contributed by atoms with Gasteiger partial charge in [0.1, 0.15) is 5.82 Å². The molecule has 2 saturated heterocycles.